The Hall–Kier alpha value is -2.18. The molecule has 0 unspecified atom stereocenters. The van der Waals surface area contributed by atoms with Gasteiger partial charge in [-0.15, -0.1) is 0 Å². The molecule has 1 aromatic heterocycles. The molecule has 0 radical (unpaired) electrons. The lowest BCUT2D eigenvalue weighted by atomic mass is 10.0. The molecule has 0 saturated carbocycles. The lowest BCUT2D eigenvalue weighted by Gasteiger charge is -2.38. The number of benzene rings is 1. The molecule has 1 fully saturated rings. The zero-order valence-corrected chi connectivity index (χ0v) is 13.3. The van der Waals surface area contributed by atoms with Crippen molar-refractivity contribution in [3.8, 4) is 0 Å². The Balaban J connectivity index is 1.61. The van der Waals surface area contributed by atoms with E-state index in [1.165, 1.54) is 0 Å². The number of hydrogen-bond acceptors (Lipinski definition) is 5. The number of aromatic nitrogens is 1. The molecular weight excluding hydrogens is 292 g/mol. The van der Waals surface area contributed by atoms with Crippen molar-refractivity contribution in [2.24, 2.45) is 5.73 Å². The van der Waals surface area contributed by atoms with Gasteiger partial charge in [0.1, 0.15) is 11.8 Å². The second-order valence-electron chi connectivity index (χ2n) is 5.96. The zero-order valence-electron chi connectivity index (χ0n) is 13.3. The highest BCUT2D eigenvalue weighted by molar-refractivity contribution is 5.81. The van der Waals surface area contributed by atoms with Crippen LogP contribution in [0.3, 0.4) is 0 Å². The second kappa shape index (κ2) is 6.93. The number of nitrogens with zero attached hydrogens (tertiary/aromatic N) is 3. The van der Waals surface area contributed by atoms with Crippen LogP contribution in [-0.2, 0) is 11.3 Å². The molecule has 1 aliphatic heterocycles. The Bertz CT molecular complexity index is 648. The van der Waals surface area contributed by atoms with E-state index in [0.29, 0.717) is 0 Å². The van der Waals surface area contributed by atoms with Gasteiger partial charge in [0.25, 0.3) is 0 Å². The van der Waals surface area contributed by atoms with E-state index in [9.17, 15) is 4.79 Å². The summed E-state index contributed by atoms with van der Waals surface area (Å²) in [6.07, 6.45) is 0. The summed E-state index contributed by atoms with van der Waals surface area (Å²) in [5.74, 6) is 0.535. The van der Waals surface area contributed by atoms with Crippen molar-refractivity contribution in [3.05, 3.63) is 53.4 Å². The maximum absolute atomic E-state index is 11.9. The first-order chi connectivity index (χ1) is 11.1. The molecular formula is C17H22N4O2. The fourth-order valence-corrected chi connectivity index (χ4v) is 3.09. The van der Waals surface area contributed by atoms with Crippen molar-refractivity contribution in [1.29, 1.82) is 0 Å². The number of carbonyl (C=O) groups is 1. The van der Waals surface area contributed by atoms with E-state index in [0.717, 1.165) is 49.7 Å². The van der Waals surface area contributed by atoms with Crippen molar-refractivity contribution in [1.82, 2.24) is 15.0 Å². The summed E-state index contributed by atoms with van der Waals surface area (Å²) in [6, 6.07) is 11.3. The molecule has 1 saturated heterocycles. The largest absolute Gasteiger partial charge is 0.368 e. The van der Waals surface area contributed by atoms with E-state index in [4.69, 9.17) is 10.3 Å². The lowest BCUT2D eigenvalue weighted by molar-refractivity contribution is -0.124. The smallest absolute Gasteiger partial charge is 0.239 e. The van der Waals surface area contributed by atoms with Crippen LogP contribution in [0, 0.1) is 6.92 Å². The van der Waals surface area contributed by atoms with Crippen LogP contribution < -0.4 is 5.73 Å². The van der Waals surface area contributed by atoms with Crippen LogP contribution in [0.25, 0.3) is 0 Å². The minimum absolute atomic E-state index is 0.295. The molecule has 1 amide bonds. The fraction of sp³-hybridized carbons (Fsp3) is 0.412. The van der Waals surface area contributed by atoms with Gasteiger partial charge in [-0.25, -0.2) is 0 Å². The first-order valence-electron chi connectivity index (χ1n) is 7.86. The Morgan fingerprint density at radius 3 is 2.52 bits per heavy atom. The van der Waals surface area contributed by atoms with Crippen LogP contribution in [0.5, 0.6) is 0 Å². The highest BCUT2D eigenvalue weighted by Crippen LogP contribution is 2.22. The van der Waals surface area contributed by atoms with Crippen LogP contribution in [0.2, 0.25) is 0 Å². The van der Waals surface area contributed by atoms with Gasteiger partial charge in [-0.3, -0.25) is 14.6 Å². The van der Waals surface area contributed by atoms with E-state index >= 15 is 0 Å². The minimum atomic E-state index is -0.354. The monoisotopic (exact) mass is 314 g/mol. The Morgan fingerprint density at radius 2 is 1.96 bits per heavy atom. The molecule has 1 aromatic carbocycles. The molecule has 0 bridgehead atoms. The maximum atomic E-state index is 11.9. The molecule has 3 rings (SSSR count). The summed E-state index contributed by atoms with van der Waals surface area (Å²) in [6.45, 7) is 6.03. The van der Waals surface area contributed by atoms with Crippen molar-refractivity contribution >= 4 is 5.91 Å². The average molecular weight is 314 g/mol. The molecule has 1 atom stereocenters. The molecule has 2 heterocycles. The van der Waals surface area contributed by atoms with Crippen molar-refractivity contribution in [2.45, 2.75) is 19.5 Å². The van der Waals surface area contributed by atoms with Crippen molar-refractivity contribution < 1.29 is 9.32 Å². The molecule has 2 N–H and O–H groups in total. The van der Waals surface area contributed by atoms with E-state index in [1.54, 1.807) is 0 Å². The number of amides is 1. The molecule has 6 heteroatoms. The molecule has 23 heavy (non-hydrogen) atoms. The summed E-state index contributed by atoms with van der Waals surface area (Å²) < 4.78 is 5.11. The summed E-state index contributed by atoms with van der Waals surface area (Å²) in [5.41, 5.74) is 7.55. The van der Waals surface area contributed by atoms with Crippen molar-refractivity contribution in [2.75, 3.05) is 26.2 Å². The zero-order chi connectivity index (χ0) is 16.2. The predicted octanol–water partition coefficient (Wildman–Crippen LogP) is 1.33. The Labute approximate surface area is 135 Å². The fourth-order valence-electron chi connectivity index (χ4n) is 3.09. The number of nitrogens with two attached hydrogens (primary N) is 1. The van der Waals surface area contributed by atoms with Gasteiger partial charge in [-0.2, -0.15) is 0 Å². The van der Waals surface area contributed by atoms with Gasteiger partial charge >= 0.3 is 0 Å². The molecule has 6 nitrogen and oxygen atoms in total. The highest BCUT2D eigenvalue weighted by atomic mass is 16.5. The van der Waals surface area contributed by atoms with Gasteiger partial charge in [-0.05, 0) is 12.5 Å². The lowest BCUT2D eigenvalue weighted by Crippen LogP contribution is -2.50. The van der Waals surface area contributed by atoms with Crippen LogP contribution >= 0.6 is 0 Å². The topological polar surface area (TPSA) is 75.6 Å². The van der Waals surface area contributed by atoms with Gasteiger partial charge in [0.2, 0.25) is 5.91 Å². The van der Waals surface area contributed by atoms with Gasteiger partial charge in [0.15, 0.2) is 0 Å². The Morgan fingerprint density at radius 1 is 1.26 bits per heavy atom. The number of carbonyl (C=O) groups excluding carboxylic acids is 1. The first kappa shape index (κ1) is 15.7. The SMILES string of the molecule is Cc1cc(CN2CCN([C@@H](C(N)=O)c3ccccc3)CC2)no1. The molecule has 2 aromatic rings. The van der Waals surface area contributed by atoms with Crippen LogP contribution in [-0.4, -0.2) is 47.0 Å². The van der Waals surface area contributed by atoms with Gasteiger partial charge < -0.3 is 10.3 Å². The summed E-state index contributed by atoms with van der Waals surface area (Å²) in [7, 11) is 0. The van der Waals surface area contributed by atoms with E-state index < -0.39 is 0 Å². The first-order valence-corrected chi connectivity index (χ1v) is 7.86. The van der Waals surface area contributed by atoms with Gasteiger partial charge in [0, 0.05) is 38.8 Å². The minimum Gasteiger partial charge on any atom is -0.368 e. The van der Waals surface area contributed by atoms with Gasteiger partial charge in [-0.1, -0.05) is 35.5 Å². The third-order valence-electron chi connectivity index (χ3n) is 4.22. The quantitative estimate of drug-likeness (QED) is 0.901. The maximum Gasteiger partial charge on any atom is 0.239 e. The number of hydrogen-bond donors (Lipinski definition) is 1. The second-order valence-corrected chi connectivity index (χ2v) is 5.96. The normalized spacial score (nSPS) is 18.0. The van der Waals surface area contributed by atoms with Crippen LogP contribution in [0.4, 0.5) is 0 Å². The molecule has 0 spiro atoms. The van der Waals surface area contributed by atoms with Gasteiger partial charge in [0.05, 0.1) is 5.69 Å². The molecule has 0 aliphatic carbocycles. The van der Waals surface area contributed by atoms with Crippen LogP contribution in [0.15, 0.2) is 40.9 Å². The number of primary amides is 1. The summed E-state index contributed by atoms with van der Waals surface area (Å²) in [5, 5.41) is 4.04. The van der Waals surface area contributed by atoms with E-state index in [2.05, 4.69) is 15.0 Å². The Kier molecular flexibility index (Phi) is 4.73. The predicted molar refractivity (Wildman–Crippen MR) is 86.5 cm³/mol. The van der Waals surface area contributed by atoms with E-state index in [1.807, 2.05) is 43.3 Å². The average Bonchev–Trinajstić information content (AvgIpc) is 2.95. The van der Waals surface area contributed by atoms with E-state index in [-0.39, 0.29) is 11.9 Å². The summed E-state index contributed by atoms with van der Waals surface area (Å²) >= 11 is 0. The third-order valence-corrected chi connectivity index (χ3v) is 4.22. The molecule has 1 aliphatic rings. The number of piperazine rings is 1. The number of aryl methyl sites for hydroxylation is 1. The highest BCUT2D eigenvalue weighted by Gasteiger charge is 2.29. The third kappa shape index (κ3) is 3.78. The molecule has 122 valence electrons. The van der Waals surface area contributed by atoms with Crippen LogP contribution in [0.1, 0.15) is 23.1 Å². The standard InChI is InChI=1S/C17H22N4O2/c1-13-11-15(19-23-13)12-20-7-9-21(10-8-20)16(17(18)22)14-5-3-2-4-6-14/h2-6,11,16H,7-10,12H2,1H3,(H2,18,22)/t16-/m1/s1. The number of rotatable bonds is 5. The van der Waals surface area contributed by atoms with Crippen molar-refractivity contribution in [3.63, 3.8) is 0 Å². The summed E-state index contributed by atoms with van der Waals surface area (Å²) in [4.78, 5) is 16.4.